The lowest BCUT2D eigenvalue weighted by atomic mass is 10.2. The van der Waals surface area contributed by atoms with Crippen molar-refractivity contribution in [3.8, 4) is 5.75 Å². The Morgan fingerprint density at radius 2 is 2.12 bits per heavy atom. The molecule has 0 aliphatic carbocycles. The number of aromatic nitrogens is 2. The Bertz CT molecular complexity index is 714. The molecule has 0 bridgehead atoms. The van der Waals surface area contributed by atoms with E-state index in [1.54, 1.807) is 6.08 Å². The Hall–Kier alpha value is -1.28. The molecule has 0 atom stereocenters. The summed E-state index contributed by atoms with van der Waals surface area (Å²) in [6.45, 7) is 6.12. The SMILES string of the molecule is C=CCSc1nnc(NC(=O)c2cc(Cl)c(OCCC)c(Cl)c2)s1. The largest absolute Gasteiger partial charge is 0.490 e. The molecule has 2 rings (SSSR count). The van der Waals surface area contributed by atoms with Gasteiger partial charge in [-0.05, 0) is 18.6 Å². The van der Waals surface area contributed by atoms with Gasteiger partial charge in [0.2, 0.25) is 5.13 Å². The first-order valence-electron chi connectivity index (χ1n) is 7.05. The molecule has 5 nitrogen and oxygen atoms in total. The summed E-state index contributed by atoms with van der Waals surface area (Å²) < 4.78 is 6.24. The summed E-state index contributed by atoms with van der Waals surface area (Å²) in [6, 6.07) is 3.03. The number of nitrogens with zero attached hydrogens (tertiary/aromatic N) is 2. The van der Waals surface area contributed by atoms with Crippen molar-refractivity contribution in [3.63, 3.8) is 0 Å². The molecule has 1 heterocycles. The van der Waals surface area contributed by atoms with Crippen LogP contribution in [0.3, 0.4) is 0 Å². The molecule has 0 aliphatic rings. The fraction of sp³-hybridized carbons (Fsp3) is 0.267. The van der Waals surface area contributed by atoms with Crippen molar-refractivity contribution in [3.05, 3.63) is 40.4 Å². The van der Waals surface area contributed by atoms with Crippen molar-refractivity contribution < 1.29 is 9.53 Å². The number of carbonyl (C=O) groups is 1. The van der Waals surface area contributed by atoms with E-state index in [2.05, 4.69) is 22.1 Å². The molecule has 0 saturated heterocycles. The quantitative estimate of drug-likeness (QED) is 0.374. The lowest BCUT2D eigenvalue weighted by molar-refractivity contribution is 0.102. The third kappa shape index (κ3) is 5.11. The van der Waals surface area contributed by atoms with E-state index in [-0.39, 0.29) is 5.91 Å². The van der Waals surface area contributed by atoms with Gasteiger partial charge in [0, 0.05) is 11.3 Å². The smallest absolute Gasteiger partial charge is 0.257 e. The van der Waals surface area contributed by atoms with Crippen molar-refractivity contribution in [1.29, 1.82) is 0 Å². The van der Waals surface area contributed by atoms with Crippen LogP contribution in [0.2, 0.25) is 10.0 Å². The van der Waals surface area contributed by atoms with Gasteiger partial charge in [-0.1, -0.05) is 59.3 Å². The molecule has 24 heavy (non-hydrogen) atoms. The summed E-state index contributed by atoms with van der Waals surface area (Å²) in [6.07, 6.45) is 2.61. The monoisotopic (exact) mass is 403 g/mol. The first-order chi connectivity index (χ1) is 11.5. The molecule has 1 aromatic heterocycles. The summed E-state index contributed by atoms with van der Waals surface area (Å²) in [5, 5.41) is 11.6. The van der Waals surface area contributed by atoms with E-state index in [1.165, 1.54) is 35.2 Å². The molecule has 0 fully saturated rings. The number of halogens is 2. The van der Waals surface area contributed by atoms with Crippen LogP contribution in [0.15, 0.2) is 29.1 Å². The number of hydrogen-bond acceptors (Lipinski definition) is 6. The van der Waals surface area contributed by atoms with Gasteiger partial charge in [0.1, 0.15) is 0 Å². The molecule has 0 aliphatic heterocycles. The van der Waals surface area contributed by atoms with E-state index in [9.17, 15) is 4.79 Å². The van der Waals surface area contributed by atoms with Gasteiger partial charge in [0.25, 0.3) is 5.91 Å². The molecular formula is C15H15Cl2N3O2S2. The lowest BCUT2D eigenvalue weighted by Crippen LogP contribution is -2.12. The lowest BCUT2D eigenvalue weighted by Gasteiger charge is -2.10. The molecule has 0 unspecified atom stereocenters. The number of rotatable bonds is 8. The Morgan fingerprint density at radius 1 is 1.42 bits per heavy atom. The van der Waals surface area contributed by atoms with Crippen LogP contribution in [0.4, 0.5) is 5.13 Å². The second kappa shape index (κ2) is 9.27. The molecule has 1 N–H and O–H groups in total. The zero-order valence-electron chi connectivity index (χ0n) is 12.8. The Morgan fingerprint density at radius 3 is 2.75 bits per heavy atom. The minimum atomic E-state index is -0.364. The van der Waals surface area contributed by atoms with Gasteiger partial charge in [0.05, 0.1) is 16.7 Å². The number of carbonyl (C=O) groups excluding carboxylic acids is 1. The molecule has 2 aromatic rings. The maximum Gasteiger partial charge on any atom is 0.257 e. The van der Waals surface area contributed by atoms with E-state index < -0.39 is 0 Å². The van der Waals surface area contributed by atoms with Crippen LogP contribution in [0.25, 0.3) is 0 Å². The third-order valence-corrected chi connectivity index (χ3v) is 5.19. The van der Waals surface area contributed by atoms with Gasteiger partial charge in [0.15, 0.2) is 10.1 Å². The molecule has 9 heteroatoms. The fourth-order valence-electron chi connectivity index (χ4n) is 1.65. The molecule has 0 saturated carbocycles. The molecule has 0 radical (unpaired) electrons. The van der Waals surface area contributed by atoms with E-state index in [4.69, 9.17) is 27.9 Å². The first kappa shape index (κ1) is 19.1. The Balaban J connectivity index is 2.09. The average molecular weight is 404 g/mol. The summed E-state index contributed by atoms with van der Waals surface area (Å²) in [5.74, 6) is 0.751. The molecule has 1 aromatic carbocycles. The van der Waals surface area contributed by atoms with Crippen molar-refractivity contribution >= 4 is 57.3 Å². The van der Waals surface area contributed by atoms with E-state index >= 15 is 0 Å². The normalized spacial score (nSPS) is 10.5. The van der Waals surface area contributed by atoms with E-state index in [0.717, 1.165) is 16.5 Å². The van der Waals surface area contributed by atoms with Crippen LogP contribution >= 0.6 is 46.3 Å². The average Bonchev–Trinajstić information content (AvgIpc) is 2.99. The van der Waals surface area contributed by atoms with Crippen molar-refractivity contribution in [1.82, 2.24) is 10.2 Å². The van der Waals surface area contributed by atoms with Crippen LogP contribution in [0, 0.1) is 0 Å². The highest BCUT2D eigenvalue weighted by Gasteiger charge is 2.16. The molecule has 128 valence electrons. The number of hydrogen-bond donors (Lipinski definition) is 1. The Kier molecular flexibility index (Phi) is 7.36. The predicted octanol–water partition coefficient (Wildman–Crippen LogP) is 5.16. The fourth-order valence-corrected chi connectivity index (χ4v) is 3.76. The van der Waals surface area contributed by atoms with Gasteiger partial charge in [-0.15, -0.1) is 16.8 Å². The summed E-state index contributed by atoms with van der Waals surface area (Å²) in [7, 11) is 0. The minimum absolute atomic E-state index is 0.292. The zero-order chi connectivity index (χ0) is 17.5. The summed E-state index contributed by atoms with van der Waals surface area (Å²) in [4.78, 5) is 12.3. The van der Waals surface area contributed by atoms with Crippen molar-refractivity contribution in [2.24, 2.45) is 0 Å². The first-order valence-corrected chi connectivity index (χ1v) is 9.61. The Labute approximate surface area is 158 Å². The summed E-state index contributed by atoms with van der Waals surface area (Å²) >= 11 is 15.1. The van der Waals surface area contributed by atoms with E-state index in [1.807, 2.05) is 6.92 Å². The number of nitrogens with one attached hydrogen (secondary N) is 1. The second-order valence-corrected chi connectivity index (χ2v) is 7.60. The number of ether oxygens (including phenoxy) is 1. The molecule has 1 amide bonds. The van der Waals surface area contributed by atoms with Gasteiger partial charge < -0.3 is 4.74 Å². The highest BCUT2D eigenvalue weighted by molar-refractivity contribution is 8.01. The van der Waals surface area contributed by atoms with Gasteiger partial charge >= 0.3 is 0 Å². The number of benzene rings is 1. The molecular weight excluding hydrogens is 389 g/mol. The number of anilines is 1. The maximum atomic E-state index is 12.3. The van der Waals surface area contributed by atoms with Crippen LogP contribution in [-0.2, 0) is 0 Å². The summed E-state index contributed by atoms with van der Waals surface area (Å²) in [5.41, 5.74) is 0.323. The van der Waals surface area contributed by atoms with Crippen LogP contribution in [-0.4, -0.2) is 28.5 Å². The van der Waals surface area contributed by atoms with E-state index in [0.29, 0.717) is 33.1 Å². The number of thioether (sulfide) groups is 1. The highest BCUT2D eigenvalue weighted by Crippen LogP contribution is 2.34. The van der Waals surface area contributed by atoms with Crippen molar-refractivity contribution in [2.45, 2.75) is 17.7 Å². The zero-order valence-corrected chi connectivity index (χ0v) is 16.0. The second-order valence-electron chi connectivity index (χ2n) is 4.54. The standard InChI is InChI=1S/C15H15Cl2N3O2S2/c1-3-5-22-12-10(16)7-9(8-11(12)17)13(21)18-14-19-20-15(24-14)23-6-4-2/h4,7-8H,2-3,5-6H2,1H3,(H,18,19,21). The van der Waals surface area contributed by atoms with Gasteiger partial charge in [-0.2, -0.15) is 0 Å². The number of amides is 1. The topological polar surface area (TPSA) is 64.1 Å². The van der Waals surface area contributed by atoms with Gasteiger partial charge in [-0.25, -0.2) is 0 Å². The molecule has 0 spiro atoms. The third-order valence-electron chi connectivity index (χ3n) is 2.66. The maximum absolute atomic E-state index is 12.3. The highest BCUT2D eigenvalue weighted by atomic mass is 35.5. The van der Waals surface area contributed by atoms with Crippen LogP contribution < -0.4 is 10.1 Å². The predicted molar refractivity (Wildman–Crippen MR) is 101 cm³/mol. The van der Waals surface area contributed by atoms with Crippen LogP contribution in [0.1, 0.15) is 23.7 Å². The minimum Gasteiger partial charge on any atom is -0.490 e. The van der Waals surface area contributed by atoms with Crippen molar-refractivity contribution in [2.75, 3.05) is 17.7 Å². The van der Waals surface area contributed by atoms with Gasteiger partial charge in [-0.3, -0.25) is 10.1 Å². The van der Waals surface area contributed by atoms with Crippen LogP contribution in [0.5, 0.6) is 5.75 Å².